The minimum absolute atomic E-state index is 0.171. The first kappa shape index (κ1) is 19.5. The molecule has 2 saturated heterocycles. The Morgan fingerprint density at radius 1 is 1.25 bits per heavy atom. The Balaban J connectivity index is 1.39. The smallest absolute Gasteiger partial charge is 0.231 e. The number of sulfonamides is 1. The molecule has 0 radical (unpaired) electrons. The van der Waals surface area contributed by atoms with Gasteiger partial charge in [-0.15, -0.1) is 15.3 Å². The molecule has 4 heterocycles. The van der Waals surface area contributed by atoms with Crippen LogP contribution in [0.15, 0.2) is 12.1 Å². The van der Waals surface area contributed by atoms with Crippen molar-refractivity contribution in [3.63, 3.8) is 0 Å². The van der Waals surface area contributed by atoms with Gasteiger partial charge < -0.3 is 14.7 Å². The van der Waals surface area contributed by atoms with E-state index in [-0.39, 0.29) is 12.5 Å². The minimum atomic E-state index is -3.26. The summed E-state index contributed by atoms with van der Waals surface area (Å²) in [6.07, 6.45) is 3.42. The van der Waals surface area contributed by atoms with Crippen LogP contribution in [0.1, 0.15) is 31.0 Å². The highest BCUT2D eigenvalue weighted by atomic mass is 32.2. The second kappa shape index (κ2) is 7.21. The predicted molar refractivity (Wildman–Crippen MR) is 102 cm³/mol. The van der Waals surface area contributed by atoms with Crippen molar-refractivity contribution in [2.75, 3.05) is 46.1 Å². The Morgan fingerprint density at radius 2 is 2.00 bits per heavy atom. The van der Waals surface area contributed by atoms with Crippen LogP contribution in [0.4, 0.5) is 0 Å². The van der Waals surface area contributed by atoms with Crippen LogP contribution in [0.5, 0.6) is 5.88 Å². The first-order valence-corrected chi connectivity index (χ1v) is 11.3. The number of hydrogen-bond acceptors (Lipinski definition) is 8. The standard InChI is InChI=1S/C17H26N6O4S/c1-27-15-4-3-14-18-19-16(23(14)20-15)13-5-8-21(9-6-13)11-17(24)7-10-22(12-17)28(2,25)26/h3-4,13,24H,5-12H2,1-2H3. The molecule has 1 unspecified atom stereocenters. The molecule has 0 aliphatic carbocycles. The molecule has 2 aromatic heterocycles. The van der Waals surface area contributed by atoms with E-state index in [1.54, 1.807) is 17.7 Å². The number of methoxy groups -OCH3 is 1. The lowest BCUT2D eigenvalue weighted by Gasteiger charge is -2.36. The predicted octanol–water partition coefficient (Wildman–Crippen LogP) is -0.291. The van der Waals surface area contributed by atoms with Gasteiger partial charge >= 0.3 is 0 Å². The average molecular weight is 411 g/mol. The molecule has 28 heavy (non-hydrogen) atoms. The monoisotopic (exact) mass is 410 g/mol. The van der Waals surface area contributed by atoms with Gasteiger partial charge in [-0.2, -0.15) is 8.82 Å². The molecule has 10 nitrogen and oxygen atoms in total. The van der Waals surface area contributed by atoms with E-state index in [0.717, 1.165) is 31.8 Å². The number of fused-ring (bicyclic) bond motifs is 1. The van der Waals surface area contributed by atoms with Crippen LogP contribution in [0.3, 0.4) is 0 Å². The van der Waals surface area contributed by atoms with Crippen LogP contribution in [-0.4, -0.2) is 94.2 Å². The Labute approximate surface area is 164 Å². The summed E-state index contributed by atoms with van der Waals surface area (Å²) in [5, 5.41) is 23.8. The van der Waals surface area contributed by atoms with Crippen molar-refractivity contribution in [3.05, 3.63) is 18.0 Å². The lowest BCUT2D eigenvalue weighted by Crippen LogP contribution is -2.48. The summed E-state index contributed by atoms with van der Waals surface area (Å²) in [5.74, 6) is 1.58. The minimum Gasteiger partial charge on any atom is -0.480 e. The zero-order valence-electron chi connectivity index (χ0n) is 16.2. The number of β-amino-alcohol motifs (C(OH)–C–C–N with tert-alkyl or cyclic N) is 1. The van der Waals surface area contributed by atoms with Crippen LogP contribution < -0.4 is 4.74 Å². The first-order valence-electron chi connectivity index (χ1n) is 9.44. The summed E-state index contributed by atoms with van der Waals surface area (Å²) in [4.78, 5) is 2.21. The zero-order chi connectivity index (χ0) is 19.9. The quantitative estimate of drug-likeness (QED) is 0.715. The van der Waals surface area contributed by atoms with Gasteiger partial charge in [0.15, 0.2) is 11.5 Å². The first-order chi connectivity index (χ1) is 13.3. The molecule has 0 saturated carbocycles. The molecule has 2 fully saturated rings. The fourth-order valence-corrected chi connectivity index (χ4v) is 5.05. The number of nitrogens with zero attached hydrogens (tertiary/aromatic N) is 6. The SMILES string of the molecule is COc1ccc2nnc(C3CCN(CC4(O)CCN(S(C)(=O)=O)C4)CC3)n2n1. The highest BCUT2D eigenvalue weighted by Crippen LogP contribution is 2.30. The highest BCUT2D eigenvalue weighted by molar-refractivity contribution is 7.88. The normalized spacial score (nSPS) is 25.5. The average Bonchev–Trinajstić information content (AvgIpc) is 3.25. The third-order valence-corrected chi connectivity index (χ3v) is 6.96. The van der Waals surface area contributed by atoms with E-state index < -0.39 is 15.6 Å². The van der Waals surface area contributed by atoms with Gasteiger partial charge in [-0.1, -0.05) is 0 Å². The fourth-order valence-electron chi connectivity index (χ4n) is 4.15. The molecule has 0 bridgehead atoms. The highest BCUT2D eigenvalue weighted by Gasteiger charge is 2.41. The number of likely N-dealkylation sites (tertiary alicyclic amines) is 1. The number of piperidine rings is 1. The van der Waals surface area contributed by atoms with Crippen LogP contribution in [0, 0.1) is 0 Å². The molecular weight excluding hydrogens is 384 g/mol. The number of rotatable bonds is 5. The van der Waals surface area contributed by atoms with Gasteiger partial charge in [-0.05, 0) is 38.4 Å². The summed E-state index contributed by atoms with van der Waals surface area (Å²) in [6, 6.07) is 3.60. The molecule has 2 aliphatic rings. The molecule has 1 N–H and O–H groups in total. The van der Waals surface area contributed by atoms with Gasteiger partial charge in [0.25, 0.3) is 0 Å². The van der Waals surface area contributed by atoms with Crippen molar-refractivity contribution in [1.29, 1.82) is 0 Å². The Morgan fingerprint density at radius 3 is 2.64 bits per heavy atom. The van der Waals surface area contributed by atoms with Gasteiger partial charge in [0.05, 0.1) is 19.0 Å². The van der Waals surface area contributed by atoms with Crippen LogP contribution in [-0.2, 0) is 10.0 Å². The van der Waals surface area contributed by atoms with Crippen molar-refractivity contribution in [2.45, 2.75) is 30.8 Å². The maximum atomic E-state index is 11.7. The maximum Gasteiger partial charge on any atom is 0.231 e. The van der Waals surface area contributed by atoms with Gasteiger partial charge in [-0.25, -0.2) is 8.42 Å². The van der Waals surface area contributed by atoms with Gasteiger partial charge in [0, 0.05) is 31.6 Å². The zero-order valence-corrected chi connectivity index (χ0v) is 17.0. The summed E-state index contributed by atoms with van der Waals surface area (Å²) < 4.78 is 31.7. The summed E-state index contributed by atoms with van der Waals surface area (Å²) >= 11 is 0. The van der Waals surface area contributed by atoms with Crippen molar-refractivity contribution in [3.8, 4) is 5.88 Å². The number of ether oxygens (including phenoxy) is 1. The second-order valence-corrected chi connectivity index (χ2v) is 9.81. The summed E-state index contributed by atoms with van der Waals surface area (Å²) in [6.45, 7) is 2.66. The van der Waals surface area contributed by atoms with E-state index >= 15 is 0 Å². The molecule has 154 valence electrons. The van der Waals surface area contributed by atoms with Crippen LogP contribution in [0.2, 0.25) is 0 Å². The molecule has 2 aromatic rings. The molecule has 0 spiro atoms. The summed E-state index contributed by atoms with van der Waals surface area (Å²) in [7, 11) is -1.68. The van der Waals surface area contributed by atoms with Crippen LogP contribution in [0.25, 0.3) is 5.65 Å². The van der Waals surface area contributed by atoms with E-state index in [1.165, 1.54) is 10.6 Å². The molecule has 11 heteroatoms. The molecule has 1 atom stereocenters. The molecule has 0 aromatic carbocycles. The largest absolute Gasteiger partial charge is 0.480 e. The van der Waals surface area contributed by atoms with Crippen molar-refractivity contribution >= 4 is 15.7 Å². The Kier molecular flexibility index (Phi) is 5.02. The van der Waals surface area contributed by atoms with Crippen LogP contribution >= 0.6 is 0 Å². The van der Waals surface area contributed by atoms with E-state index in [1.807, 2.05) is 6.07 Å². The molecule has 0 amide bonds. The van der Waals surface area contributed by atoms with Crippen molar-refractivity contribution < 1.29 is 18.3 Å². The van der Waals surface area contributed by atoms with E-state index in [4.69, 9.17) is 4.74 Å². The third-order valence-electron chi connectivity index (χ3n) is 5.71. The fraction of sp³-hybridized carbons (Fsp3) is 0.706. The summed E-state index contributed by atoms with van der Waals surface area (Å²) in [5.41, 5.74) is -0.286. The van der Waals surface area contributed by atoms with Gasteiger partial charge in [-0.3, -0.25) is 0 Å². The maximum absolute atomic E-state index is 11.7. The molecule has 2 aliphatic heterocycles. The second-order valence-electron chi connectivity index (χ2n) is 7.83. The van der Waals surface area contributed by atoms with Gasteiger partial charge in [0.2, 0.25) is 15.9 Å². The number of hydrogen-bond donors (Lipinski definition) is 1. The Bertz CT molecular complexity index is 956. The topological polar surface area (TPSA) is 113 Å². The van der Waals surface area contributed by atoms with E-state index in [0.29, 0.717) is 31.0 Å². The lowest BCUT2D eigenvalue weighted by molar-refractivity contribution is 0.00959. The lowest BCUT2D eigenvalue weighted by atomic mass is 9.94. The van der Waals surface area contributed by atoms with Crippen molar-refractivity contribution in [2.24, 2.45) is 0 Å². The number of aliphatic hydroxyl groups is 1. The third kappa shape index (κ3) is 3.84. The van der Waals surface area contributed by atoms with Gasteiger partial charge in [0.1, 0.15) is 0 Å². The molecular formula is C17H26N6O4S. The van der Waals surface area contributed by atoms with E-state index in [9.17, 15) is 13.5 Å². The van der Waals surface area contributed by atoms with E-state index in [2.05, 4.69) is 20.2 Å². The number of aromatic nitrogens is 4. The van der Waals surface area contributed by atoms with Crippen molar-refractivity contribution in [1.82, 2.24) is 29.0 Å². The molecule has 4 rings (SSSR count). The Hall–Kier alpha value is -1.82.